The Hall–Kier alpha value is -1.39. The number of rotatable bonds is 10. The first-order valence-corrected chi connectivity index (χ1v) is 9.65. The number of anilines is 1. The molecule has 1 aromatic carbocycles. The number of nitrogens with zero attached hydrogens (tertiary/aromatic N) is 3. The molecule has 0 saturated carbocycles. The molecule has 158 valence electrons. The smallest absolute Gasteiger partial charge is 0.227 e. The first-order valence-electron chi connectivity index (χ1n) is 9.65. The molecule has 0 spiro atoms. The van der Waals surface area contributed by atoms with Gasteiger partial charge in [-0.2, -0.15) is 0 Å². The van der Waals surface area contributed by atoms with Gasteiger partial charge in [-0.05, 0) is 37.6 Å². The van der Waals surface area contributed by atoms with Crippen LogP contribution in [0.4, 0.5) is 5.69 Å². The lowest BCUT2D eigenvalue weighted by molar-refractivity contribution is -0.117. The van der Waals surface area contributed by atoms with Crippen LogP contribution < -0.4 is 15.5 Å². The van der Waals surface area contributed by atoms with E-state index < -0.39 is 0 Å². The number of methoxy groups -OCH3 is 1. The van der Waals surface area contributed by atoms with E-state index in [0.29, 0.717) is 13.0 Å². The van der Waals surface area contributed by atoms with E-state index in [1.54, 1.807) is 14.2 Å². The highest BCUT2D eigenvalue weighted by Gasteiger charge is 2.21. The predicted octanol–water partition coefficient (Wildman–Crippen LogP) is 2.06. The Morgan fingerprint density at radius 2 is 2.00 bits per heavy atom. The molecule has 1 fully saturated rings. The van der Waals surface area contributed by atoms with Gasteiger partial charge in [-0.3, -0.25) is 9.79 Å². The van der Waals surface area contributed by atoms with Crippen LogP contribution in [-0.2, 0) is 16.1 Å². The van der Waals surface area contributed by atoms with Crippen molar-refractivity contribution >= 4 is 41.5 Å². The van der Waals surface area contributed by atoms with Crippen molar-refractivity contribution in [2.24, 2.45) is 4.99 Å². The number of hydrogen-bond donors (Lipinski definition) is 2. The molecule has 0 bridgehead atoms. The maximum atomic E-state index is 11.8. The molecule has 1 aromatic rings. The number of amides is 1. The quantitative estimate of drug-likeness (QED) is 0.222. The van der Waals surface area contributed by atoms with Gasteiger partial charge in [0.1, 0.15) is 0 Å². The van der Waals surface area contributed by atoms with Crippen molar-refractivity contribution in [3.05, 3.63) is 29.8 Å². The van der Waals surface area contributed by atoms with Crippen LogP contribution in [0.15, 0.2) is 29.3 Å². The Balaban J connectivity index is 0.00000392. The van der Waals surface area contributed by atoms with Gasteiger partial charge in [-0.15, -0.1) is 24.0 Å². The highest BCUT2D eigenvalue weighted by Crippen LogP contribution is 2.21. The largest absolute Gasteiger partial charge is 0.385 e. The predicted molar refractivity (Wildman–Crippen MR) is 126 cm³/mol. The average molecular weight is 503 g/mol. The standard InChI is InChI=1S/C20H33N5O2.HI/c1-21-20(22-11-14-24(2)12-5-15-27-3)23-16-17-7-9-18(10-8-17)25-13-4-6-19(25)26;/h7-10H,4-6,11-16H2,1-3H3,(H2,21,22,23);1H. The molecule has 28 heavy (non-hydrogen) atoms. The summed E-state index contributed by atoms with van der Waals surface area (Å²) in [6.45, 7) is 5.12. The third-order valence-electron chi connectivity index (χ3n) is 4.68. The molecule has 1 amide bonds. The fourth-order valence-corrected chi connectivity index (χ4v) is 3.08. The first kappa shape index (κ1) is 24.6. The van der Waals surface area contributed by atoms with Crippen molar-refractivity contribution < 1.29 is 9.53 Å². The van der Waals surface area contributed by atoms with E-state index in [1.165, 1.54) is 0 Å². The molecule has 1 aliphatic heterocycles. The molecule has 0 atom stereocenters. The second-order valence-corrected chi connectivity index (χ2v) is 6.82. The Morgan fingerprint density at radius 3 is 2.61 bits per heavy atom. The number of carbonyl (C=O) groups is 1. The molecule has 1 saturated heterocycles. The summed E-state index contributed by atoms with van der Waals surface area (Å²) in [7, 11) is 5.62. The minimum Gasteiger partial charge on any atom is -0.385 e. The Labute approximate surface area is 185 Å². The lowest BCUT2D eigenvalue weighted by atomic mass is 10.2. The lowest BCUT2D eigenvalue weighted by Gasteiger charge is -2.18. The van der Waals surface area contributed by atoms with Gasteiger partial charge in [-0.1, -0.05) is 12.1 Å². The maximum absolute atomic E-state index is 11.8. The summed E-state index contributed by atoms with van der Waals surface area (Å²) in [5.74, 6) is 1.01. The van der Waals surface area contributed by atoms with Crippen LogP contribution in [0.5, 0.6) is 0 Å². The summed E-state index contributed by atoms with van der Waals surface area (Å²) in [5, 5.41) is 6.67. The maximum Gasteiger partial charge on any atom is 0.227 e. The van der Waals surface area contributed by atoms with Crippen LogP contribution in [0.25, 0.3) is 0 Å². The SMILES string of the molecule is CN=C(NCCN(C)CCCOC)NCc1ccc(N2CCCC2=O)cc1.I. The number of guanidine groups is 1. The zero-order valence-electron chi connectivity index (χ0n) is 17.2. The number of hydrogen-bond acceptors (Lipinski definition) is 4. The van der Waals surface area contributed by atoms with Gasteiger partial charge >= 0.3 is 0 Å². The highest BCUT2D eigenvalue weighted by molar-refractivity contribution is 14.0. The number of carbonyl (C=O) groups excluding carboxylic acids is 1. The molecular weight excluding hydrogens is 469 g/mol. The zero-order chi connectivity index (χ0) is 19.5. The van der Waals surface area contributed by atoms with Crippen LogP contribution in [-0.4, -0.2) is 70.8 Å². The number of halogens is 1. The summed E-state index contributed by atoms with van der Waals surface area (Å²) in [5.41, 5.74) is 2.14. The minimum atomic E-state index is 0. The van der Waals surface area contributed by atoms with E-state index >= 15 is 0 Å². The average Bonchev–Trinajstić information content (AvgIpc) is 3.11. The van der Waals surface area contributed by atoms with Crippen LogP contribution in [0.1, 0.15) is 24.8 Å². The molecule has 0 radical (unpaired) electrons. The van der Waals surface area contributed by atoms with Crippen LogP contribution >= 0.6 is 24.0 Å². The Kier molecular flexibility index (Phi) is 12.1. The summed E-state index contributed by atoms with van der Waals surface area (Å²) in [6.07, 6.45) is 2.65. The van der Waals surface area contributed by atoms with E-state index in [-0.39, 0.29) is 29.9 Å². The van der Waals surface area contributed by atoms with Crippen LogP contribution in [0.2, 0.25) is 0 Å². The molecule has 2 rings (SSSR count). The summed E-state index contributed by atoms with van der Waals surface area (Å²) in [6, 6.07) is 8.16. The molecular formula is C20H34IN5O2. The second-order valence-electron chi connectivity index (χ2n) is 6.82. The first-order chi connectivity index (χ1) is 13.1. The van der Waals surface area contributed by atoms with Gasteiger partial charge < -0.3 is 25.2 Å². The van der Waals surface area contributed by atoms with E-state index in [9.17, 15) is 4.79 Å². The normalized spacial score (nSPS) is 14.4. The van der Waals surface area contributed by atoms with Gasteiger partial charge in [0.2, 0.25) is 5.91 Å². The lowest BCUT2D eigenvalue weighted by Crippen LogP contribution is -2.40. The number of benzene rings is 1. The van der Waals surface area contributed by atoms with Crippen molar-refractivity contribution in [1.82, 2.24) is 15.5 Å². The zero-order valence-corrected chi connectivity index (χ0v) is 19.6. The molecule has 1 heterocycles. The molecule has 0 unspecified atom stereocenters. The molecule has 0 aliphatic carbocycles. The number of ether oxygens (including phenoxy) is 1. The fraction of sp³-hybridized carbons (Fsp3) is 0.600. The van der Waals surface area contributed by atoms with E-state index in [2.05, 4.69) is 39.7 Å². The van der Waals surface area contributed by atoms with Crippen molar-refractivity contribution in [2.75, 3.05) is 58.9 Å². The van der Waals surface area contributed by atoms with Crippen molar-refractivity contribution in [3.8, 4) is 0 Å². The number of aliphatic imine (C=N–C) groups is 1. The van der Waals surface area contributed by atoms with Gasteiger partial charge in [0.15, 0.2) is 5.96 Å². The van der Waals surface area contributed by atoms with E-state index in [4.69, 9.17) is 4.74 Å². The highest BCUT2D eigenvalue weighted by atomic mass is 127. The Morgan fingerprint density at radius 1 is 1.25 bits per heavy atom. The Bertz CT molecular complexity index is 609. The fourth-order valence-electron chi connectivity index (χ4n) is 3.08. The molecule has 1 aliphatic rings. The molecule has 8 heteroatoms. The minimum absolute atomic E-state index is 0. The van der Waals surface area contributed by atoms with Crippen molar-refractivity contribution in [3.63, 3.8) is 0 Å². The summed E-state index contributed by atoms with van der Waals surface area (Å²) in [4.78, 5) is 20.2. The van der Waals surface area contributed by atoms with Crippen LogP contribution in [0.3, 0.4) is 0 Å². The molecule has 7 nitrogen and oxygen atoms in total. The van der Waals surface area contributed by atoms with E-state index in [0.717, 1.165) is 62.8 Å². The number of likely N-dealkylation sites (N-methyl/N-ethyl adjacent to an activating group) is 1. The van der Waals surface area contributed by atoms with Crippen LogP contribution in [0, 0.1) is 0 Å². The molecule has 2 N–H and O–H groups in total. The monoisotopic (exact) mass is 503 g/mol. The van der Waals surface area contributed by atoms with Crippen molar-refractivity contribution in [1.29, 1.82) is 0 Å². The topological polar surface area (TPSA) is 69.2 Å². The van der Waals surface area contributed by atoms with Gasteiger partial charge in [0.05, 0.1) is 0 Å². The molecule has 0 aromatic heterocycles. The second kappa shape index (κ2) is 13.7. The van der Waals surface area contributed by atoms with Crippen molar-refractivity contribution in [2.45, 2.75) is 25.8 Å². The summed E-state index contributed by atoms with van der Waals surface area (Å²) >= 11 is 0. The summed E-state index contributed by atoms with van der Waals surface area (Å²) < 4.78 is 5.08. The number of nitrogens with one attached hydrogen (secondary N) is 2. The third-order valence-corrected chi connectivity index (χ3v) is 4.68. The third kappa shape index (κ3) is 8.32. The van der Waals surface area contributed by atoms with Gasteiger partial charge in [0.25, 0.3) is 0 Å². The van der Waals surface area contributed by atoms with Gasteiger partial charge in [0, 0.05) is 65.6 Å². The van der Waals surface area contributed by atoms with E-state index in [1.807, 2.05) is 17.0 Å². The van der Waals surface area contributed by atoms with Gasteiger partial charge in [-0.25, -0.2) is 0 Å².